The van der Waals surface area contributed by atoms with Gasteiger partial charge >= 0.3 is 5.97 Å². The summed E-state index contributed by atoms with van der Waals surface area (Å²) in [6, 6.07) is 2.98. The number of rotatable bonds is 7. The molecule has 5 rings (SSSR count). The van der Waals surface area contributed by atoms with Crippen LogP contribution in [0.1, 0.15) is 24.1 Å². The van der Waals surface area contributed by atoms with Crippen molar-refractivity contribution in [2.45, 2.75) is 37.1 Å². The second-order valence-electron chi connectivity index (χ2n) is 8.50. The summed E-state index contributed by atoms with van der Waals surface area (Å²) in [5.74, 6) is -0.944. The Morgan fingerprint density at radius 3 is 2.78 bits per heavy atom. The number of carboxylic acid groups (broad SMARTS) is 1. The molecular weight excluding hydrogens is 450 g/mol. The van der Waals surface area contributed by atoms with Crippen LogP contribution in [0.3, 0.4) is 0 Å². The zero-order chi connectivity index (χ0) is 22.4. The first-order valence-corrected chi connectivity index (χ1v) is 12.6. The SMILES string of the molecule is O=C(Cc1cccs1)NC1C(=O)N2C(C(=O)O)=C(/C=C3\CCN(CC4CC4)C3=O)CSC12. The number of amides is 3. The van der Waals surface area contributed by atoms with E-state index in [9.17, 15) is 24.3 Å². The van der Waals surface area contributed by atoms with Crippen LogP contribution < -0.4 is 5.32 Å². The van der Waals surface area contributed by atoms with E-state index >= 15 is 0 Å². The maximum atomic E-state index is 12.8. The number of nitrogens with zero attached hydrogens (tertiary/aromatic N) is 2. The number of likely N-dealkylation sites (tertiary alicyclic amines) is 1. The molecule has 8 nitrogen and oxygen atoms in total. The Balaban J connectivity index is 1.30. The van der Waals surface area contributed by atoms with Gasteiger partial charge in [0.15, 0.2) is 0 Å². The average Bonchev–Trinajstić information content (AvgIpc) is 3.33. The number of carbonyl (C=O) groups is 4. The minimum atomic E-state index is -1.20. The van der Waals surface area contributed by atoms with Crippen LogP contribution in [0.5, 0.6) is 0 Å². The lowest BCUT2D eigenvalue weighted by Gasteiger charge is -2.49. The predicted octanol–water partition coefficient (Wildman–Crippen LogP) is 1.60. The third-order valence-corrected chi connectivity index (χ3v) is 8.35. The summed E-state index contributed by atoms with van der Waals surface area (Å²) in [5.41, 5.74) is 1.00. The van der Waals surface area contributed by atoms with Crippen molar-refractivity contribution in [3.63, 3.8) is 0 Å². The van der Waals surface area contributed by atoms with E-state index in [-0.39, 0.29) is 23.9 Å². The van der Waals surface area contributed by atoms with E-state index in [1.165, 1.54) is 28.0 Å². The van der Waals surface area contributed by atoms with E-state index < -0.39 is 23.3 Å². The van der Waals surface area contributed by atoms with Crippen LogP contribution in [-0.2, 0) is 25.6 Å². The second-order valence-corrected chi connectivity index (χ2v) is 10.6. The summed E-state index contributed by atoms with van der Waals surface area (Å²) in [5, 5.41) is 14.0. The molecule has 1 saturated carbocycles. The third-order valence-electron chi connectivity index (χ3n) is 6.17. The normalized spacial score (nSPS) is 26.4. The summed E-state index contributed by atoms with van der Waals surface area (Å²) < 4.78 is 0. The molecule has 3 aliphatic heterocycles. The molecule has 2 saturated heterocycles. The zero-order valence-electron chi connectivity index (χ0n) is 17.3. The smallest absolute Gasteiger partial charge is 0.352 e. The van der Waals surface area contributed by atoms with Gasteiger partial charge in [-0.1, -0.05) is 6.07 Å². The van der Waals surface area contributed by atoms with Gasteiger partial charge < -0.3 is 15.3 Å². The zero-order valence-corrected chi connectivity index (χ0v) is 18.9. The van der Waals surface area contributed by atoms with Gasteiger partial charge in [-0.3, -0.25) is 19.3 Å². The molecule has 10 heteroatoms. The Bertz CT molecular complexity index is 1040. The highest BCUT2D eigenvalue weighted by atomic mass is 32.2. The number of fused-ring (bicyclic) bond motifs is 1. The van der Waals surface area contributed by atoms with Gasteiger partial charge in [-0.2, -0.15) is 0 Å². The Morgan fingerprint density at radius 2 is 2.09 bits per heavy atom. The van der Waals surface area contributed by atoms with Crippen LogP contribution in [0, 0.1) is 5.92 Å². The van der Waals surface area contributed by atoms with Gasteiger partial charge in [-0.25, -0.2) is 4.79 Å². The number of hydrogen-bond acceptors (Lipinski definition) is 6. The predicted molar refractivity (Wildman–Crippen MR) is 120 cm³/mol. The number of nitrogens with one attached hydrogen (secondary N) is 1. The van der Waals surface area contributed by atoms with Gasteiger partial charge in [-0.15, -0.1) is 23.1 Å². The molecule has 168 valence electrons. The molecule has 1 aliphatic carbocycles. The number of carboxylic acids is 1. The van der Waals surface area contributed by atoms with Crippen molar-refractivity contribution in [2.75, 3.05) is 18.8 Å². The fourth-order valence-electron chi connectivity index (χ4n) is 4.35. The minimum absolute atomic E-state index is 0.0325. The van der Waals surface area contributed by atoms with Crippen molar-refractivity contribution in [2.24, 2.45) is 5.92 Å². The molecule has 4 heterocycles. The maximum Gasteiger partial charge on any atom is 0.352 e. The van der Waals surface area contributed by atoms with Gasteiger partial charge in [0, 0.05) is 29.3 Å². The van der Waals surface area contributed by atoms with E-state index in [0.717, 1.165) is 24.3 Å². The summed E-state index contributed by atoms with van der Waals surface area (Å²) in [4.78, 5) is 53.9. The number of thiophene rings is 1. The van der Waals surface area contributed by atoms with Crippen molar-refractivity contribution in [3.05, 3.63) is 45.3 Å². The standard InChI is InChI=1S/C22H23N3O5S2/c26-16(9-15-2-1-7-31-15)23-17-20(28)25-18(22(29)30)14(11-32-21(17)25)8-13-5-6-24(19(13)27)10-12-3-4-12/h1-2,7-8,12,17,21H,3-6,9-11H2,(H,23,26)(H,29,30)/b13-8+. The molecule has 3 amide bonds. The molecule has 1 aromatic rings. The van der Waals surface area contributed by atoms with Gasteiger partial charge in [0.25, 0.3) is 5.91 Å². The number of carbonyl (C=O) groups excluding carboxylic acids is 3. The molecule has 2 unspecified atom stereocenters. The molecule has 0 aromatic carbocycles. The average molecular weight is 474 g/mol. The van der Waals surface area contributed by atoms with Crippen LogP contribution in [0.4, 0.5) is 0 Å². The number of thioether (sulfide) groups is 1. The van der Waals surface area contributed by atoms with Crippen LogP contribution in [-0.4, -0.2) is 68.9 Å². The molecule has 0 bridgehead atoms. The lowest BCUT2D eigenvalue weighted by molar-refractivity contribution is -0.150. The number of hydrogen-bond donors (Lipinski definition) is 2. The van der Waals surface area contributed by atoms with E-state index in [1.54, 1.807) is 6.08 Å². The van der Waals surface area contributed by atoms with Crippen molar-refractivity contribution >= 4 is 46.8 Å². The van der Waals surface area contributed by atoms with Crippen molar-refractivity contribution in [1.82, 2.24) is 15.1 Å². The molecule has 0 spiro atoms. The van der Waals surface area contributed by atoms with Gasteiger partial charge in [0.1, 0.15) is 17.1 Å². The van der Waals surface area contributed by atoms with Gasteiger partial charge in [-0.05, 0) is 48.3 Å². The maximum absolute atomic E-state index is 12.8. The summed E-state index contributed by atoms with van der Waals surface area (Å²) in [7, 11) is 0. The summed E-state index contributed by atoms with van der Waals surface area (Å²) >= 11 is 2.88. The third kappa shape index (κ3) is 3.97. The van der Waals surface area contributed by atoms with Crippen LogP contribution in [0.15, 0.2) is 40.4 Å². The first-order chi connectivity index (χ1) is 15.4. The molecule has 32 heavy (non-hydrogen) atoms. The highest BCUT2D eigenvalue weighted by Crippen LogP contribution is 2.41. The first-order valence-electron chi connectivity index (χ1n) is 10.6. The molecule has 4 aliphatic rings. The minimum Gasteiger partial charge on any atom is -0.477 e. The Morgan fingerprint density at radius 1 is 1.28 bits per heavy atom. The van der Waals surface area contributed by atoms with Crippen molar-refractivity contribution < 1.29 is 24.3 Å². The largest absolute Gasteiger partial charge is 0.477 e. The van der Waals surface area contributed by atoms with Gasteiger partial charge in [0.05, 0.1) is 6.42 Å². The molecule has 2 atom stereocenters. The highest BCUT2D eigenvalue weighted by molar-refractivity contribution is 8.00. The molecular formula is C22H23N3O5S2. The van der Waals surface area contributed by atoms with Crippen LogP contribution >= 0.6 is 23.1 Å². The Labute approximate surface area is 193 Å². The monoisotopic (exact) mass is 473 g/mol. The van der Waals surface area contributed by atoms with Crippen molar-refractivity contribution in [3.8, 4) is 0 Å². The molecule has 2 N–H and O–H groups in total. The second kappa shape index (κ2) is 8.40. The highest BCUT2D eigenvalue weighted by Gasteiger charge is 2.54. The first kappa shape index (κ1) is 21.3. The quantitative estimate of drug-likeness (QED) is 0.460. The molecule has 1 aromatic heterocycles. The lowest BCUT2D eigenvalue weighted by atomic mass is 10.0. The van der Waals surface area contributed by atoms with E-state index in [0.29, 0.717) is 35.8 Å². The number of aliphatic carboxylic acids is 1. The Kier molecular flexibility index (Phi) is 5.58. The number of allylic oxidation sites excluding steroid dienone is 1. The summed E-state index contributed by atoms with van der Waals surface area (Å²) in [6.45, 7) is 1.43. The summed E-state index contributed by atoms with van der Waals surface area (Å²) in [6.07, 6.45) is 4.77. The molecule has 3 fully saturated rings. The molecule has 0 radical (unpaired) electrons. The van der Waals surface area contributed by atoms with Crippen LogP contribution in [0.2, 0.25) is 0 Å². The lowest BCUT2D eigenvalue weighted by Crippen LogP contribution is -2.70. The van der Waals surface area contributed by atoms with Gasteiger partial charge in [0.2, 0.25) is 11.8 Å². The van der Waals surface area contributed by atoms with Crippen LogP contribution in [0.25, 0.3) is 0 Å². The van der Waals surface area contributed by atoms with E-state index in [1.807, 2.05) is 22.4 Å². The fraction of sp³-hybridized carbons (Fsp3) is 0.455. The van der Waals surface area contributed by atoms with Crippen molar-refractivity contribution in [1.29, 1.82) is 0 Å². The topological polar surface area (TPSA) is 107 Å². The fourth-order valence-corrected chi connectivity index (χ4v) is 6.36. The van der Waals surface area contributed by atoms with E-state index in [4.69, 9.17) is 0 Å². The Hall–Kier alpha value is -2.59. The van der Waals surface area contributed by atoms with E-state index in [2.05, 4.69) is 5.32 Å². The number of β-lactam (4-membered cyclic amide) rings is 1.